The number of hydrogen-bond donors (Lipinski definition) is 2. The van der Waals surface area contributed by atoms with E-state index in [1.165, 1.54) is 0 Å². The van der Waals surface area contributed by atoms with Crippen LogP contribution < -0.4 is 10.6 Å². The number of likely N-dealkylation sites (tertiary alicyclic amines) is 1. The van der Waals surface area contributed by atoms with Gasteiger partial charge in [-0.2, -0.15) is 0 Å². The monoisotopic (exact) mass is 225 g/mol. The third-order valence-corrected chi connectivity index (χ3v) is 3.68. The zero-order valence-electron chi connectivity index (χ0n) is 9.71. The summed E-state index contributed by atoms with van der Waals surface area (Å²) in [5.74, 6) is 0.0461. The van der Waals surface area contributed by atoms with Gasteiger partial charge in [0.05, 0.1) is 6.54 Å². The molecule has 2 N–H and O–H groups in total. The first kappa shape index (κ1) is 11.4. The maximum Gasteiger partial charge on any atom is 0.239 e. The van der Waals surface area contributed by atoms with Gasteiger partial charge in [0.1, 0.15) is 0 Å². The summed E-state index contributed by atoms with van der Waals surface area (Å²) in [6.45, 7) is 2.94. The highest BCUT2D eigenvalue weighted by Crippen LogP contribution is 2.38. The normalized spacial score (nSPS) is 23.8. The Balaban J connectivity index is 1.97. The summed E-state index contributed by atoms with van der Waals surface area (Å²) in [7, 11) is 1.60. The summed E-state index contributed by atoms with van der Waals surface area (Å²) in [5, 5.41) is 5.87. The van der Waals surface area contributed by atoms with Crippen LogP contribution in [0.15, 0.2) is 0 Å². The molecule has 0 aliphatic carbocycles. The van der Waals surface area contributed by atoms with Crippen LogP contribution in [-0.4, -0.2) is 49.9 Å². The second-order valence-electron chi connectivity index (χ2n) is 4.85. The van der Waals surface area contributed by atoms with Crippen LogP contribution in [0.2, 0.25) is 0 Å². The van der Waals surface area contributed by atoms with Crippen LogP contribution in [0.1, 0.15) is 19.3 Å². The summed E-state index contributed by atoms with van der Waals surface area (Å²) >= 11 is 0. The lowest BCUT2D eigenvalue weighted by atomic mass is 9.78. The van der Waals surface area contributed by atoms with Crippen LogP contribution in [0.25, 0.3) is 0 Å². The predicted octanol–water partition coefficient (Wildman–Crippen LogP) is -0.665. The summed E-state index contributed by atoms with van der Waals surface area (Å²) < 4.78 is 0. The van der Waals surface area contributed by atoms with E-state index in [1.54, 1.807) is 11.9 Å². The van der Waals surface area contributed by atoms with Crippen molar-refractivity contribution in [1.82, 2.24) is 15.5 Å². The summed E-state index contributed by atoms with van der Waals surface area (Å²) in [4.78, 5) is 24.8. The van der Waals surface area contributed by atoms with Gasteiger partial charge in [-0.25, -0.2) is 0 Å². The maximum absolute atomic E-state index is 11.8. The third-order valence-electron chi connectivity index (χ3n) is 3.68. The Bertz CT molecular complexity index is 298. The molecule has 2 fully saturated rings. The van der Waals surface area contributed by atoms with Crippen LogP contribution in [0.3, 0.4) is 0 Å². The summed E-state index contributed by atoms with van der Waals surface area (Å²) in [6, 6.07) is 0. The van der Waals surface area contributed by atoms with Crippen LogP contribution in [-0.2, 0) is 9.59 Å². The van der Waals surface area contributed by atoms with Gasteiger partial charge < -0.3 is 15.5 Å². The molecule has 0 bridgehead atoms. The Morgan fingerprint density at radius 1 is 1.50 bits per heavy atom. The molecule has 5 nitrogen and oxygen atoms in total. The molecule has 0 saturated carbocycles. The van der Waals surface area contributed by atoms with Crippen molar-refractivity contribution in [3.8, 4) is 0 Å². The molecule has 16 heavy (non-hydrogen) atoms. The van der Waals surface area contributed by atoms with Crippen molar-refractivity contribution in [2.75, 3.05) is 33.2 Å². The fourth-order valence-corrected chi connectivity index (χ4v) is 2.67. The van der Waals surface area contributed by atoms with Crippen molar-refractivity contribution in [2.45, 2.75) is 19.3 Å². The summed E-state index contributed by atoms with van der Waals surface area (Å²) in [6.07, 6.45) is 2.71. The van der Waals surface area contributed by atoms with Crippen molar-refractivity contribution in [3.05, 3.63) is 0 Å². The summed E-state index contributed by atoms with van der Waals surface area (Å²) in [5.41, 5.74) is 0.135. The van der Waals surface area contributed by atoms with Gasteiger partial charge in [-0.15, -0.1) is 0 Å². The molecule has 2 amide bonds. The van der Waals surface area contributed by atoms with Crippen LogP contribution >= 0.6 is 0 Å². The number of carbonyl (C=O) groups excluding carboxylic acids is 2. The molecule has 5 heteroatoms. The number of nitrogens with one attached hydrogen (secondary N) is 2. The van der Waals surface area contributed by atoms with Gasteiger partial charge in [-0.1, -0.05) is 0 Å². The minimum atomic E-state index is -0.0839. The molecule has 0 atom stereocenters. The van der Waals surface area contributed by atoms with Crippen LogP contribution in [0.5, 0.6) is 0 Å². The molecule has 0 radical (unpaired) electrons. The number of likely N-dealkylation sites (N-methyl/N-ethyl adjacent to an activating group) is 1. The van der Waals surface area contributed by atoms with Gasteiger partial charge >= 0.3 is 0 Å². The van der Waals surface area contributed by atoms with Crippen molar-refractivity contribution in [1.29, 1.82) is 0 Å². The first-order valence-electron chi connectivity index (χ1n) is 5.84. The molecule has 90 valence electrons. The molecular formula is C11H19N3O2. The third kappa shape index (κ3) is 2.19. The average Bonchev–Trinajstić information content (AvgIpc) is 2.56. The molecule has 1 spiro atoms. The highest BCUT2D eigenvalue weighted by Gasteiger charge is 2.43. The van der Waals surface area contributed by atoms with E-state index in [1.807, 2.05) is 0 Å². The van der Waals surface area contributed by atoms with E-state index in [0.29, 0.717) is 6.42 Å². The molecule has 2 aliphatic rings. The van der Waals surface area contributed by atoms with Gasteiger partial charge in [-0.3, -0.25) is 9.59 Å². The second-order valence-corrected chi connectivity index (χ2v) is 4.85. The van der Waals surface area contributed by atoms with E-state index in [9.17, 15) is 9.59 Å². The number of nitrogens with zero attached hydrogens (tertiary/aromatic N) is 1. The Hall–Kier alpha value is -1.10. The Labute approximate surface area is 95.6 Å². The highest BCUT2D eigenvalue weighted by molar-refractivity contribution is 5.86. The van der Waals surface area contributed by atoms with E-state index in [-0.39, 0.29) is 23.8 Å². The van der Waals surface area contributed by atoms with E-state index in [0.717, 1.165) is 32.5 Å². The maximum atomic E-state index is 11.8. The van der Waals surface area contributed by atoms with E-state index >= 15 is 0 Å². The molecule has 0 unspecified atom stereocenters. The van der Waals surface area contributed by atoms with Crippen LogP contribution in [0, 0.1) is 5.41 Å². The predicted molar refractivity (Wildman–Crippen MR) is 59.8 cm³/mol. The SMILES string of the molecule is CNC(=O)CN1CC2(CCNCC2)CC1=O. The minimum Gasteiger partial charge on any atom is -0.358 e. The minimum absolute atomic E-state index is 0.0839. The standard InChI is InChI=1S/C11H19N3O2/c1-12-9(15)7-14-8-11(6-10(14)16)2-4-13-5-3-11/h13H,2-8H2,1H3,(H,12,15). The fourth-order valence-electron chi connectivity index (χ4n) is 2.67. The Kier molecular flexibility index (Phi) is 3.14. The van der Waals surface area contributed by atoms with Gasteiger partial charge in [0.25, 0.3) is 0 Å². The highest BCUT2D eigenvalue weighted by atomic mass is 16.2. The van der Waals surface area contributed by atoms with Gasteiger partial charge in [-0.05, 0) is 31.3 Å². The van der Waals surface area contributed by atoms with Crippen molar-refractivity contribution < 1.29 is 9.59 Å². The average molecular weight is 225 g/mol. The Morgan fingerprint density at radius 3 is 2.81 bits per heavy atom. The van der Waals surface area contributed by atoms with Crippen LogP contribution in [0.4, 0.5) is 0 Å². The topological polar surface area (TPSA) is 61.4 Å². The van der Waals surface area contributed by atoms with Crippen molar-refractivity contribution in [3.63, 3.8) is 0 Å². The lowest BCUT2D eigenvalue weighted by Gasteiger charge is -2.32. The smallest absolute Gasteiger partial charge is 0.239 e. The van der Waals surface area contributed by atoms with Crippen molar-refractivity contribution >= 4 is 11.8 Å². The first-order chi connectivity index (χ1) is 7.65. The number of carbonyl (C=O) groups is 2. The molecule has 2 rings (SSSR count). The first-order valence-corrected chi connectivity index (χ1v) is 5.84. The van der Waals surface area contributed by atoms with E-state index < -0.39 is 0 Å². The number of rotatable bonds is 2. The quantitative estimate of drug-likeness (QED) is 0.655. The Morgan fingerprint density at radius 2 is 2.19 bits per heavy atom. The zero-order valence-corrected chi connectivity index (χ0v) is 9.71. The molecular weight excluding hydrogens is 206 g/mol. The molecule has 2 heterocycles. The number of amides is 2. The lowest BCUT2D eigenvalue weighted by molar-refractivity contribution is -0.132. The number of hydrogen-bond acceptors (Lipinski definition) is 3. The number of piperidine rings is 1. The molecule has 2 aliphatic heterocycles. The fraction of sp³-hybridized carbons (Fsp3) is 0.818. The van der Waals surface area contributed by atoms with E-state index in [2.05, 4.69) is 10.6 Å². The largest absolute Gasteiger partial charge is 0.358 e. The second kappa shape index (κ2) is 4.41. The molecule has 2 saturated heterocycles. The van der Waals surface area contributed by atoms with E-state index in [4.69, 9.17) is 0 Å². The van der Waals surface area contributed by atoms with Gasteiger partial charge in [0.2, 0.25) is 11.8 Å². The molecule has 0 aromatic rings. The molecule has 0 aromatic carbocycles. The lowest BCUT2D eigenvalue weighted by Crippen LogP contribution is -2.41. The molecule has 0 aromatic heterocycles. The van der Waals surface area contributed by atoms with Gasteiger partial charge in [0, 0.05) is 20.0 Å². The van der Waals surface area contributed by atoms with Crippen molar-refractivity contribution in [2.24, 2.45) is 5.41 Å². The van der Waals surface area contributed by atoms with Gasteiger partial charge in [0.15, 0.2) is 0 Å². The zero-order chi connectivity index (χ0) is 11.6.